The van der Waals surface area contributed by atoms with Gasteiger partial charge in [-0.05, 0) is 36.3 Å². The third kappa shape index (κ3) is 3.48. The second-order valence-electron chi connectivity index (χ2n) is 7.29. The van der Waals surface area contributed by atoms with E-state index in [2.05, 4.69) is 24.4 Å². The van der Waals surface area contributed by atoms with Crippen LogP contribution in [0.2, 0.25) is 0 Å². The lowest BCUT2D eigenvalue weighted by molar-refractivity contribution is 0.0788. The molecule has 1 aromatic heterocycles. The molecule has 134 valence electrons. The van der Waals surface area contributed by atoms with E-state index >= 15 is 0 Å². The Morgan fingerprint density at radius 2 is 2.00 bits per heavy atom. The molecule has 4 rings (SSSR count). The molecule has 0 spiro atoms. The van der Waals surface area contributed by atoms with Gasteiger partial charge in [0.2, 0.25) is 0 Å². The van der Waals surface area contributed by atoms with Crippen LogP contribution in [0.1, 0.15) is 45.6 Å². The SMILES string of the molecule is CC1CCc2c(C(=O)N3C[C@@H](N)[C@H](c4ccccc4)C3)csc2C1.Cl. The van der Waals surface area contributed by atoms with E-state index in [0.717, 1.165) is 30.9 Å². The summed E-state index contributed by atoms with van der Waals surface area (Å²) >= 11 is 1.76. The quantitative estimate of drug-likeness (QED) is 0.864. The molecular weight excluding hydrogens is 352 g/mol. The fraction of sp³-hybridized carbons (Fsp3) is 0.450. The molecule has 2 N–H and O–H groups in total. The zero-order valence-electron chi connectivity index (χ0n) is 14.5. The van der Waals surface area contributed by atoms with Crippen LogP contribution in [0.3, 0.4) is 0 Å². The Morgan fingerprint density at radius 3 is 2.76 bits per heavy atom. The number of fused-ring (bicyclic) bond motifs is 1. The molecule has 25 heavy (non-hydrogen) atoms. The van der Waals surface area contributed by atoms with Gasteiger partial charge in [0.05, 0.1) is 5.56 Å². The van der Waals surface area contributed by atoms with Crippen molar-refractivity contribution in [1.29, 1.82) is 0 Å². The maximum atomic E-state index is 13.1. The van der Waals surface area contributed by atoms with Gasteiger partial charge in [0, 0.05) is 35.3 Å². The largest absolute Gasteiger partial charge is 0.336 e. The van der Waals surface area contributed by atoms with Crippen molar-refractivity contribution < 1.29 is 4.79 Å². The van der Waals surface area contributed by atoms with Crippen molar-refractivity contribution in [3.05, 3.63) is 57.3 Å². The zero-order valence-corrected chi connectivity index (χ0v) is 16.1. The lowest BCUT2D eigenvalue weighted by Crippen LogP contribution is -2.32. The molecule has 1 aromatic carbocycles. The van der Waals surface area contributed by atoms with Gasteiger partial charge >= 0.3 is 0 Å². The molecule has 2 heterocycles. The summed E-state index contributed by atoms with van der Waals surface area (Å²) < 4.78 is 0. The van der Waals surface area contributed by atoms with E-state index < -0.39 is 0 Å². The van der Waals surface area contributed by atoms with Gasteiger partial charge in [0.25, 0.3) is 5.91 Å². The van der Waals surface area contributed by atoms with Crippen molar-refractivity contribution >= 4 is 29.7 Å². The number of hydrogen-bond acceptors (Lipinski definition) is 3. The number of halogens is 1. The first-order valence-corrected chi connectivity index (χ1v) is 9.70. The van der Waals surface area contributed by atoms with E-state index in [1.807, 2.05) is 23.1 Å². The van der Waals surface area contributed by atoms with Crippen LogP contribution < -0.4 is 5.73 Å². The van der Waals surface area contributed by atoms with E-state index in [0.29, 0.717) is 6.54 Å². The molecule has 0 bridgehead atoms. The Kier molecular flexibility index (Phi) is 5.52. The smallest absolute Gasteiger partial charge is 0.255 e. The Balaban J connectivity index is 0.00000182. The maximum absolute atomic E-state index is 13.1. The van der Waals surface area contributed by atoms with Gasteiger partial charge in [-0.3, -0.25) is 4.79 Å². The van der Waals surface area contributed by atoms with Crippen LogP contribution in [0.25, 0.3) is 0 Å². The average Bonchev–Trinajstić information content (AvgIpc) is 3.18. The number of nitrogens with two attached hydrogens (primary N) is 1. The van der Waals surface area contributed by atoms with Gasteiger partial charge in [-0.2, -0.15) is 0 Å². The molecule has 2 aliphatic rings. The molecule has 1 aliphatic carbocycles. The summed E-state index contributed by atoms with van der Waals surface area (Å²) in [6.45, 7) is 3.68. The maximum Gasteiger partial charge on any atom is 0.255 e. The molecular formula is C20H25ClN2OS. The van der Waals surface area contributed by atoms with Crippen LogP contribution >= 0.6 is 23.7 Å². The van der Waals surface area contributed by atoms with Crippen LogP contribution in [-0.4, -0.2) is 29.9 Å². The van der Waals surface area contributed by atoms with Crippen LogP contribution in [0, 0.1) is 5.92 Å². The van der Waals surface area contributed by atoms with Crippen molar-refractivity contribution in [1.82, 2.24) is 4.90 Å². The lowest BCUT2D eigenvalue weighted by Gasteiger charge is -2.21. The molecule has 1 unspecified atom stereocenters. The van der Waals surface area contributed by atoms with Crippen molar-refractivity contribution in [3.63, 3.8) is 0 Å². The molecule has 1 saturated heterocycles. The summed E-state index contributed by atoms with van der Waals surface area (Å²) in [7, 11) is 0. The second-order valence-corrected chi connectivity index (χ2v) is 8.25. The van der Waals surface area contributed by atoms with E-state index in [4.69, 9.17) is 5.73 Å². The minimum atomic E-state index is 0. The molecule has 1 amide bonds. The molecule has 1 fully saturated rings. The summed E-state index contributed by atoms with van der Waals surface area (Å²) in [5.41, 5.74) is 9.83. The van der Waals surface area contributed by atoms with Crippen molar-refractivity contribution in [3.8, 4) is 0 Å². The first kappa shape index (κ1) is 18.4. The average molecular weight is 377 g/mol. The highest BCUT2D eigenvalue weighted by molar-refractivity contribution is 7.10. The van der Waals surface area contributed by atoms with Gasteiger partial charge in [0.15, 0.2) is 0 Å². The Hall–Kier alpha value is -1.36. The number of benzene rings is 1. The highest BCUT2D eigenvalue weighted by Gasteiger charge is 2.35. The minimum absolute atomic E-state index is 0. The number of rotatable bonds is 2. The van der Waals surface area contributed by atoms with Crippen LogP contribution in [-0.2, 0) is 12.8 Å². The Morgan fingerprint density at radius 1 is 1.24 bits per heavy atom. The fourth-order valence-electron chi connectivity index (χ4n) is 4.07. The summed E-state index contributed by atoms with van der Waals surface area (Å²) in [6, 6.07) is 10.4. The van der Waals surface area contributed by atoms with Crippen LogP contribution in [0.5, 0.6) is 0 Å². The number of likely N-dealkylation sites (tertiary alicyclic amines) is 1. The van der Waals surface area contributed by atoms with E-state index in [1.54, 1.807) is 11.3 Å². The molecule has 0 radical (unpaired) electrons. The van der Waals surface area contributed by atoms with E-state index in [-0.39, 0.29) is 30.3 Å². The van der Waals surface area contributed by atoms with Crippen LogP contribution in [0.4, 0.5) is 0 Å². The van der Waals surface area contributed by atoms with E-state index in [1.165, 1.54) is 22.4 Å². The molecule has 0 saturated carbocycles. The molecule has 3 nitrogen and oxygen atoms in total. The summed E-state index contributed by atoms with van der Waals surface area (Å²) in [5, 5.41) is 2.08. The standard InChI is InChI=1S/C20H24N2OS.ClH/c1-13-7-8-15-17(12-24-19(15)9-13)20(23)22-10-16(18(21)11-22)14-5-3-2-4-6-14;/h2-6,12-13,16,18H,7-11,21H2,1H3;1H/t13?,16-,18+;/m0./s1. The van der Waals surface area contributed by atoms with Gasteiger partial charge in [-0.25, -0.2) is 0 Å². The zero-order chi connectivity index (χ0) is 16.7. The van der Waals surface area contributed by atoms with Crippen LogP contribution in [0.15, 0.2) is 35.7 Å². The normalized spacial score (nSPS) is 25.4. The molecule has 1 aliphatic heterocycles. The number of carbonyl (C=O) groups is 1. The fourth-order valence-corrected chi connectivity index (χ4v) is 5.31. The third-order valence-corrected chi connectivity index (χ3v) is 6.56. The van der Waals surface area contributed by atoms with Crippen molar-refractivity contribution in [2.75, 3.05) is 13.1 Å². The molecule has 3 atom stereocenters. The minimum Gasteiger partial charge on any atom is -0.336 e. The van der Waals surface area contributed by atoms with Crippen molar-refractivity contribution in [2.45, 2.75) is 38.1 Å². The number of carbonyl (C=O) groups excluding carboxylic acids is 1. The van der Waals surface area contributed by atoms with E-state index in [9.17, 15) is 4.79 Å². The van der Waals surface area contributed by atoms with Gasteiger partial charge in [-0.15, -0.1) is 23.7 Å². The Bertz CT molecular complexity index is 745. The summed E-state index contributed by atoms with van der Waals surface area (Å²) in [5.74, 6) is 1.15. The summed E-state index contributed by atoms with van der Waals surface area (Å²) in [4.78, 5) is 16.4. The van der Waals surface area contributed by atoms with Crippen molar-refractivity contribution in [2.24, 2.45) is 11.7 Å². The third-order valence-electron chi connectivity index (χ3n) is 5.51. The first-order valence-electron chi connectivity index (χ1n) is 8.82. The van der Waals surface area contributed by atoms with Gasteiger partial charge < -0.3 is 10.6 Å². The number of thiophene rings is 1. The molecule has 2 aromatic rings. The first-order chi connectivity index (χ1) is 11.6. The van der Waals surface area contributed by atoms with Gasteiger partial charge in [0.1, 0.15) is 0 Å². The summed E-state index contributed by atoms with van der Waals surface area (Å²) in [6.07, 6.45) is 3.36. The highest BCUT2D eigenvalue weighted by atomic mass is 35.5. The molecule has 5 heteroatoms. The predicted molar refractivity (Wildman–Crippen MR) is 106 cm³/mol. The highest BCUT2D eigenvalue weighted by Crippen LogP contribution is 2.35. The topological polar surface area (TPSA) is 46.3 Å². The lowest BCUT2D eigenvalue weighted by atomic mass is 9.88. The number of hydrogen-bond donors (Lipinski definition) is 1. The Labute approximate surface area is 159 Å². The monoisotopic (exact) mass is 376 g/mol. The van der Waals surface area contributed by atoms with Gasteiger partial charge in [-0.1, -0.05) is 37.3 Å². The number of nitrogens with zero attached hydrogens (tertiary/aromatic N) is 1. The second kappa shape index (κ2) is 7.48. The predicted octanol–water partition coefficient (Wildman–Crippen LogP) is 3.86. The number of amides is 1.